The minimum Gasteiger partial charge on any atom is -0.468 e. The third kappa shape index (κ3) is 1.63. The van der Waals surface area contributed by atoms with Crippen LogP contribution < -0.4 is 5.73 Å². The van der Waals surface area contributed by atoms with Gasteiger partial charge in [0.05, 0.1) is 6.61 Å². The average molecular weight is 235 g/mol. The van der Waals surface area contributed by atoms with E-state index in [1.54, 1.807) is 0 Å². The van der Waals surface area contributed by atoms with Crippen molar-refractivity contribution in [3.05, 3.63) is 12.2 Å². The Labute approximate surface area is 102 Å². The first-order chi connectivity index (χ1) is 8.36. The molecule has 17 heavy (non-hydrogen) atoms. The Hall–Kier alpha value is -0.830. The standard InChI is InChI=1S/C14H21NO2/c15-5-4-11-12-6-13(14(11)7-17-8-16)10-3-1-2-9(10)12/h1-2,8-14H,3-7,15H2/t9?,10-,11?,12?,13+,14?/m1/s1. The van der Waals surface area contributed by atoms with E-state index in [9.17, 15) is 4.79 Å². The molecule has 94 valence electrons. The topological polar surface area (TPSA) is 52.3 Å². The Morgan fingerprint density at radius 2 is 2.18 bits per heavy atom. The quantitative estimate of drug-likeness (QED) is 0.581. The summed E-state index contributed by atoms with van der Waals surface area (Å²) >= 11 is 0. The lowest BCUT2D eigenvalue weighted by molar-refractivity contribution is -0.131. The van der Waals surface area contributed by atoms with E-state index in [4.69, 9.17) is 10.5 Å². The zero-order chi connectivity index (χ0) is 11.8. The molecule has 2 bridgehead atoms. The minimum absolute atomic E-state index is 0.565. The highest BCUT2D eigenvalue weighted by atomic mass is 16.5. The van der Waals surface area contributed by atoms with Crippen LogP contribution >= 0.6 is 0 Å². The molecule has 0 aromatic rings. The van der Waals surface area contributed by atoms with Gasteiger partial charge in [-0.25, -0.2) is 0 Å². The maximum absolute atomic E-state index is 10.4. The van der Waals surface area contributed by atoms with E-state index in [1.165, 1.54) is 12.8 Å². The van der Waals surface area contributed by atoms with Gasteiger partial charge in [-0.3, -0.25) is 4.79 Å². The number of ether oxygens (including phenoxy) is 1. The SMILES string of the molecule is NCCC1C2C[C@H](C1COC=O)[C@@H]1CC=CC21. The van der Waals surface area contributed by atoms with Gasteiger partial charge in [0, 0.05) is 0 Å². The zero-order valence-electron chi connectivity index (χ0n) is 10.1. The fourth-order valence-corrected chi connectivity index (χ4v) is 4.87. The summed E-state index contributed by atoms with van der Waals surface area (Å²) in [6, 6.07) is 0. The van der Waals surface area contributed by atoms with Crippen molar-refractivity contribution in [2.75, 3.05) is 13.2 Å². The lowest BCUT2D eigenvalue weighted by Crippen LogP contribution is -2.36. The molecule has 0 aromatic carbocycles. The maximum Gasteiger partial charge on any atom is 0.293 e. The van der Waals surface area contributed by atoms with Crippen LogP contribution in [0.2, 0.25) is 0 Å². The van der Waals surface area contributed by atoms with Gasteiger partial charge >= 0.3 is 0 Å². The Balaban J connectivity index is 1.76. The van der Waals surface area contributed by atoms with Crippen molar-refractivity contribution in [3.8, 4) is 0 Å². The van der Waals surface area contributed by atoms with Crippen LogP contribution in [0, 0.1) is 35.5 Å². The van der Waals surface area contributed by atoms with Crippen LogP contribution in [0.4, 0.5) is 0 Å². The van der Waals surface area contributed by atoms with Crippen molar-refractivity contribution in [3.63, 3.8) is 0 Å². The second kappa shape index (κ2) is 4.45. The molecule has 2 saturated carbocycles. The predicted molar refractivity (Wildman–Crippen MR) is 65.0 cm³/mol. The molecule has 0 heterocycles. The first-order valence-corrected chi connectivity index (χ1v) is 6.78. The number of rotatable bonds is 5. The summed E-state index contributed by atoms with van der Waals surface area (Å²) in [5.74, 6) is 4.42. The molecule has 3 heteroatoms. The first kappa shape index (κ1) is 11.3. The number of hydrogen-bond acceptors (Lipinski definition) is 3. The molecule has 0 aliphatic heterocycles. The Morgan fingerprint density at radius 1 is 1.29 bits per heavy atom. The molecule has 0 amide bonds. The molecule has 0 saturated heterocycles. The van der Waals surface area contributed by atoms with Crippen LogP contribution in [0.3, 0.4) is 0 Å². The third-order valence-corrected chi connectivity index (χ3v) is 5.36. The van der Waals surface area contributed by atoms with Crippen LogP contribution in [0.15, 0.2) is 12.2 Å². The lowest BCUT2D eigenvalue weighted by Gasteiger charge is -2.37. The molecule has 0 radical (unpaired) electrons. The van der Waals surface area contributed by atoms with E-state index in [2.05, 4.69) is 12.2 Å². The number of carbonyl (C=O) groups is 1. The van der Waals surface area contributed by atoms with Crippen molar-refractivity contribution >= 4 is 6.47 Å². The van der Waals surface area contributed by atoms with Gasteiger partial charge in [-0.15, -0.1) is 0 Å². The molecule has 3 nitrogen and oxygen atoms in total. The number of carbonyl (C=O) groups excluding carboxylic acids is 1. The van der Waals surface area contributed by atoms with Crippen LogP contribution in [-0.2, 0) is 9.53 Å². The van der Waals surface area contributed by atoms with E-state index in [1.807, 2.05) is 0 Å². The van der Waals surface area contributed by atoms with Crippen LogP contribution in [0.5, 0.6) is 0 Å². The van der Waals surface area contributed by atoms with E-state index in [0.717, 1.165) is 36.6 Å². The Kier molecular flexibility index (Phi) is 2.95. The fraction of sp³-hybridized carbons (Fsp3) is 0.786. The minimum atomic E-state index is 0.565. The van der Waals surface area contributed by atoms with Gasteiger partial charge in [-0.05, 0) is 61.3 Å². The van der Waals surface area contributed by atoms with Crippen molar-refractivity contribution in [2.45, 2.75) is 19.3 Å². The Morgan fingerprint density at radius 3 is 2.94 bits per heavy atom. The van der Waals surface area contributed by atoms with Gasteiger partial charge in [-0.2, -0.15) is 0 Å². The summed E-state index contributed by atoms with van der Waals surface area (Å²) in [7, 11) is 0. The molecular formula is C14H21NO2. The van der Waals surface area contributed by atoms with Gasteiger partial charge in [0.2, 0.25) is 0 Å². The van der Waals surface area contributed by atoms with Crippen LogP contribution in [-0.4, -0.2) is 19.6 Å². The second-order valence-electron chi connectivity index (χ2n) is 5.80. The zero-order valence-corrected chi connectivity index (χ0v) is 10.1. The number of allylic oxidation sites excluding steroid dienone is 2. The van der Waals surface area contributed by atoms with Crippen molar-refractivity contribution < 1.29 is 9.53 Å². The molecule has 2 N–H and O–H groups in total. The summed E-state index contributed by atoms with van der Waals surface area (Å²) in [6.07, 6.45) is 8.42. The predicted octanol–water partition coefficient (Wildman–Crippen LogP) is 1.58. The second-order valence-corrected chi connectivity index (χ2v) is 5.80. The van der Waals surface area contributed by atoms with Gasteiger partial charge in [-0.1, -0.05) is 12.2 Å². The van der Waals surface area contributed by atoms with Crippen LogP contribution in [0.1, 0.15) is 19.3 Å². The van der Waals surface area contributed by atoms with E-state index in [-0.39, 0.29) is 0 Å². The molecule has 3 aliphatic rings. The molecule has 6 atom stereocenters. The monoisotopic (exact) mass is 235 g/mol. The molecule has 4 unspecified atom stereocenters. The van der Waals surface area contributed by atoms with E-state index >= 15 is 0 Å². The average Bonchev–Trinajstić information content (AvgIpc) is 2.97. The van der Waals surface area contributed by atoms with E-state index in [0.29, 0.717) is 24.9 Å². The van der Waals surface area contributed by atoms with Crippen molar-refractivity contribution in [2.24, 2.45) is 41.2 Å². The molecule has 2 fully saturated rings. The molecule has 0 spiro atoms. The summed E-state index contributed by atoms with van der Waals surface area (Å²) in [4.78, 5) is 10.4. The van der Waals surface area contributed by atoms with Crippen molar-refractivity contribution in [1.82, 2.24) is 0 Å². The fourth-order valence-electron chi connectivity index (χ4n) is 4.87. The molecular weight excluding hydrogens is 214 g/mol. The van der Waals surface area contributed by atoms with Crippen molar-refractivity contribution in [1.29, 1.82) is 0 Å². The van der Waals surface area contributed by atoms with Gasteiger partial charge < -0.3 is 10.5 Å². The largest absolute Gasteiger partial charge is 0.468 e. The highest BCUT2D eigenvalue weighted by molar-refractivity contribution is 5.37. The number of nitrogens with two attached hydrogens (primary N) is 1. The van der Waals surface area contributed by atoms with Gasteiger partial charge in [0.15, 0.2) is 0 Å². The highest BCUT2D eigenvalue weighted by Crippen LogP contribution is 2.62. The number of hydrogen-bond donors (Lipinski definition) is 1. The van der Waals surface area contributed by atoms with Gasteiger partial charge in [0.25, 0.3) is 6.47 Å². The third-order valence-electron chi connectivity index (χ3n) is 5.36. The summed E-state index contributed by atoms with van der Waals surface area (Å²) in [5, 5.41) is 0. The summed E-state index contributed by atoms with van der Waals surface area (Å²) in [5.41, 5.74) is 5.74. The normalized spacial score (nSPS) is 46.2. The van der Waals surface area contributed by atoms with Gasteiger partial charge in [0.1, 0.15) is 0 Å². The Bertz CT molecular complexity index is 328. The maximum atomic E-state index is 10.4. The summed E-state index contributed by atoms with van der Waals surface area (Å²) < 4.78 is 5.05. The summed E-state index contributed by atoms with van der Waals surface area (Å²) in [6.45, 7) is 1.96. The molecule has 3 rings (SSSR count). The smallest absolute Gasteiger partial charge is 0.293 e. The number of fused-ring (bicyclic) bond motifs is 5. The van der Waals surface area contributed by atoms with Crippen LogP contribution in [0.25, 0.3) is 0 Å². The van der Waals surface area contributed by atoms with E-state index < -0.39 is 0 Å². The molecule has 3 aliphatic carbocycles. The molecule has 0 aromatic heterocycles. The first-order valence-electron chi connectivity index (χ1n) is 6.78. The highest BCUT2D eigenvalue weighted by Gasteiger charge is 2.57. The lowest BCUT2D eigenvalue weighted by atomic mass is 9.68.